The summed E-state index contributed by atoms with van der Waals surface area (Å²) >= 11 is 0. The number of hydrogen-bond donors (Lipinski definition) is 1. The number of halogens is 1. The number of rotatable bonds is 1. The Morgan fingerprint density at radius 2 is 1.83 bits per heavy atom. The van der Waals surface area contributed by atoms with E-state index in [9.17, 15) is 4.39 Å². The van der Waals surface area contributed by atoms with Crippen LogP contribution < -0.4 is 5.32 Å². The maximum atomic E-state index is 12.6. The molecule has 1 saturated carbocycles. The second-order valence-corrected chi connectivity index (χ2v) is 3.84. The summed E-state index contributed by atoms with van der Waals surface area (Å²) < 4.78 is 12.6. The minimum atomic E-state index is -0.148. The minimum Gasteiger partial charge on any atom is -0.304 e. The van der Waals surface area contributed by atoms with Gasteiger partial charge in [0.1, 0.15) is 5.82 Å². The molecule has 0 aromatic heterocycles. The fourth-order valence-corrected chi connectivity index (χ4v) is 2.22. The van der Waals surface area contributed by atoms with Crippen LogP contribution in [0.2, 0.25) is 0 Å². The maximum absolute atomic E-state index is 12.6. The van der Waals surface area contributed by atoms with Crippen molar-refractivity contribution in [3.05, 3.63) is 35.6 Å². The van der Waals surface area contributed by atoms with Crippen LogP contribution in [0.4, 0.5) is 4.39 Å². The van der Waals surface area contributed by atoms with Crippen molar-refractivity contribution < 1.29 is 4.39 Å². The van der Waals surface area contributed by atoms with Gasteiger partial charge in [0.25, 0.3) is 0 Å². The van der Waals surface area contributed by atoms with Crippen molar-refractivity contribution in [2.75, 3.05) is 0 Å². The van der Waals surface area contributed by atoms with Crippen LogP contribution >= 0.6 is 0 Å². The molecule has 2 bridgehead atoms. The third kappa shape index (κ3) is 0.661. The molecule has 12 heavy (non-hydrogen) atoms. The zero-order valence-electron chi connectivity index (χ0n) is 6.68. The first-order valence-corrected chi connectivity index (χ1v) is 4.32. The molecule has 0 atom stereocenters. The molecule has 2 saturated heterocycles. The van der Waals surface area contributed by atoms with E-state index in [0.29, 0.717) is 0 Å². The number of nitrogens with one attached hydrogen (secondary N) is 1. The summed E-state index contributed by atoms with van der Waals surface area (Å²) in [5.74, 6) is -0.148. The average molecular weight is 163 g/mol. The van der Waals surface area contributed by atoms with E-state index >= 15 is 0 Å². The summed E-state index contributed by atoms with van der Waals surface area (Å²) in [5.41, 5.74) is 1.48. The van der Waals surface area contributed by atoms with Gasteiger partial charge in [-0.05, 0) is 30.5 Å². The molecule has 2 heteroatoms. The van der Waals surface area contributed by atoms with Crippen LogP contribution in [0.3, 0.4) is 0 Å². The van der Waals surface area contributed by atoms with Gasteiger partial charge < -0.3 is 5.32 Å². The van der Waals surface area contributed by atoms with Crippen LogP contribution in [0.1, 0.15) is 18.4 Å². The van der Waals surface area contributed by atoms with Gasteiger partial charge in [-0.15, -0.1) is 0 Å². The van der Waals surface area contributed by atoms with Gasteiger partial charge in [-0.2, -0.15) is 0 Å². The topological polar surface area (TPSA) is 12.0 Å². The molecule has 1 aromatic rings. The van der Waals surface area contributed by atoms with Gasteiger partial charge in [-0.3, -0.25) is 0 Å². The van der Waals surface area contributed by atoms with Gasteiger partial charge in [0.05, 0.1) is 0 Å². The molecule has 0 unspecified atom stereocenters. The Morgan fingerprint density at radius 3 is 2.25 bits per heavy atom. The van der Waals surface area contributed by atoms with E-state index in [2.05, 4.69) is 5.32 Å². The quantitative estimate of drug-likeness (QED) is 0.665. The fourth-order valence-electron chi connectivity index (χ4n) is 2.22. The van der Waals surface area contributed by atoms with Crippen molar-refractivity contribution in [2.45, 2.75) is 24.4 Å². The van der Waals surface area contributed by atoms with Gasteiger partial charge in [0.15, 0.2) is 0 Å². The van der Waals surface area contributed by atoms with Crippen molar-refractivity contribution in [1.82, 2.24) is 5.32 Å². The largest absolute Gasteiger partial charge is 0.304 e. The molecule has 1 nitrogen and oxygen atoms in total. The number of benzene rings is 1. The molecular weight excluding hydrogens is 153 g/mol. The molecule has 4 rings (SSSR count). The van der Waals surface area contributed by atoms with E-state index in [-0.39, 0.29) is 11.4 Å². The Kier molecular flexibility index (Phi) is 1.04. The number of hydrogen-bond acceptors (Lipinski definition) is 1. The first-order chi connectivity index (χ1) is 5.78. The molecule has 0 radical (unpaired) electrons. The molecule has 2 heterocycles. The van der Waals surface area contributed by atoms with Crippen LogP contribution in [-0.2, 0) is 5.54 Å². The van der Waals surface area contributed by atoms with E-state index in [4.69, 9.17) is 0 Å². The SMILES string of the molecule is Fc1ccc(C23CC(C2)N3)cc1. The highest BCUT2D eigenvalue weighted by Crippen LogP contribution is 2.51. The lowest BCUT2D eigenvalue weighted by Gasteiger charge is -2.63. The van der Waals surface area contributed by atoms with Crippen LogP contribution in [0.15, 0.2) is 24.3 Å². The van der Waals surface area contributed by atoms with Gasteiger partial charge in [-0.1, -0.05) is 12.1 Å². The summed E-state index contributed by atoms with van der Waals surface area (Å²) in [6.07, 6.45) is 2.47. The predicted molar refractivity (Wildman–Crippen MR) is 44.2 cm³/mol. The third-order valence-electron chi connectivity index (χ3n) is 3.07. The fraction of sp³-hybridized carbons (Fsp3) is 0.400. The van der Waals surface area contributed by atoms with Crippen LogP contribution in [-0.4, -0.2) is 6.04 Å². The third-order valence-corrected chi connectivity index (χ3v) is 3.07. The monoisotopic (exact) mass is 163 g/mol. The molecule has 1 N–H and O–H groups in total. The van der Waals surface area contributed by atoms with E-state index in [1.165, 1.54) is 30.5 Å². The summed E-state index contributed by atoms with van der Waals surface area (Å²) in [4.78, 5) is 0. The van der Waals surface area contributed by atoms with Crippen molar-refractivity contribution in [3.63, 3.8) is 0 Å². The van der Waals surface area contributed by atoms with Gasteiger partial charge in [0.2, 0.25) is 0 Å². The van der Waals surface area contributed by atoms with Gasteiger partial charge in [-0.25, -0.2) is 4.39 Å². The lowest BCUT2D eigenvalue weighted by atomic mass is 9.59. The molecular formula is C10H10FN. The summed E-state index contributed by atoms with van der Waals surface area (Å²) in [6, 6.07) is 7.60. The highest BCUT2D eigenvalue weighted by Gasteiger charge is 2.56. The van der Waals surface area contributed by atoms with Crippen LogP contribution in [0.5, 0.6) is 0 Å². The molecule has 3 fully saturated rings. The Hall–Kier alpha value is -0.890. The zero-order valence-corrected chi connectivity index (χ0v) is 6.68. The molecule has 1 aliphatic carbocycles. The maximum Gasteiger partial charge on any atom is 0.123 e. The van der Waals surface area contributed by atoms with Crippen LogP contribution in [0, 0.1) is 5.82 Å². The second-order valence-electron chi connectivity index (χ2n) is 3.84. The minimum absolute atomic E-state index is 0.148. The smallest absolute Gasteiger partial charge is 0.123 e. The Labute approximate surface area is 70.6 Å². The standard InChI is InChI=1S/C10H10FN/c11-8-3-1-7(2-4-8)10-5-9(6-10)12-10/h1-4,9,12H,5-6H2. The molecule has 1 aromatic carbocycles. The molecule has 3 aliphatic rings. The van der Waals surface area contributed by atoms with Gasteiger partial charge in [0, 0.05) is 11.6 Å². The Morgan fingerprint density at radius 1 is 1.25 bits per heavy atom. The summed E-state index contributed by atoms with van der Waals surface area (Å²) in [5, 5.41) is 3.43. The van der Waals surface area contributed by atoms with Crippen molar-refractivity contribution in [3.8, 4) is 0 Å². The highest BCUT2D eigenvalue weighted by molar-refractivity contribution is 5.35. The Bertz CT molecular complexity index is 300. The van der Waals surface area contributed by atoms with Crippen LogP contribution in [0.25, 0.3) is 0 Å². The average Bonchev–Trinajstić information content (AvgIpc) is 1.87. The van der Waals surface area contributed by atoms with Crippen molar-refractivity contribution in [1.29, 1.82) is 0 Å². The van der Waals surface area contributed by atoms with E-state index in [0.717, 1.165) is 6.04 Å². The highest BCUT2D eigenvalue weighted by atomic mass is 19.1. The molecule has 0 spiro atoms. The summed E-state index contributed by atoms with van der Waals surface area (Å²) in [6.45, 7) is 0. The first kappa shape index (κ1) is 6.61. The van der Waals surface area contributed by atoms with E-state index in [1.807, 2.05) is 12.1 Å². The summed E-state index contributed by atoms with van der Waals surface area (Å²) in [7, 11) is 0. The van der Waals surface area contributed by atoms with E-state index < -0.39 is 0 Å². The zero-order chi connectivity index (χ0) is 8.18. The second kappa shape index (κ2) is 1.88. The Balaban J connectivity index is 1.96. The van der Waals surface area contributed by atoms with Crippen molar-refractivity contribution in [2.24, 2.45) is 0 Å². The predicted octanol–water partition coefficient (Wildman–Crippen LogP) is 1.79. The molecule has 62 valence electrons. The van der Waals surface area contributed by atoms with E-state index in [1.54, 1.807) is 0 Å². The first-order valence-electron chi connectivity index (χ1n) is 4.32. The lowest BCUT2D eigenvalue weighted by molar-refractivity contribution is -0.0219. The molecule has 2 aliphatic heterocycles. The molecule has 0 amide bonds. The normalized spacial score (nSPS) is 36.9. The lowest BCUT2D eigenvalue weighted by Crippen LogP contribution is -2.74. The van der Waals surface area contributed by atoms with Gasteiger partial charge >= 0.3 is 0 Å². The van der Waals surface area contributed by atoms with Crippen molar-refractivity contribution >= 4 is 0 Å².